The number of rotatable bonds is 7. The maximum atomic E-state index is 13.5. The van der Waals surface area contributed by atoms with Gasteiger partial charge in [-0.25, -0.2) is 0 Å². The topological polar surface area (TPSA) is 71.3 Å². The Morgan fingerprint density at radius 2 is 1.53 bits per heavy atom. The number of aryl methyl sites for hydroxylation is 2. The van der Waals surface area contributed by atoms with Crippen LogP contribution in [0.2, 0.25) is 0 Å². The van der Waals surface area contributed by atoms with Gasteiger partial charge in [0.1, 0.15) is 11.5 Å². The van der Waals surface area contributed by atoms with E-state index in [1.165, 1.54) is 12.3 Å². The molecular weight excluding hydrogens is 424 g/mol. The van der Waals surface area contributed by atoms with E-state index in [0.717, 1.165) is 22.3 Å². The minimum Gasteiger partial charge on any atom is -0.465 e. The third-order valence-corrected chi connectivity index (χ3v) is 5.42. The highest BCUT2D eigenvalue weighted by Crippen LogP contribution is 2.23. The zero-order valence-corrected chi connectivity index (χ0v) is 19.1. The highest BCUT2D eigenvalue weighted by Gasteiger charge is 2.21. The highest BCUT2D eigenvalue weighted by molar-refractivity contribution is 6.05. The third kappa shape index (κ3) is 5.70. The van der Waals surface area contributed by atoms with Crippen LogP contribution >= 0.6 is 0 Å². The highest BCUT2D eigenvalue weighted by atomic mass is 16.3. The number of hydrogen-bond acceptors (Lipinski definition) is 3. The van der Waals surface area contributed by atoms with E-state index in [2.05, 4.69) is 10.6 Å². The largest absolute Gasteiger partial charge is 0.465 e. The van der Waals surface area contributed by atoms with Crippen LogP contribution in [0, 0.1) is 13.8 Å². The molecule has 2 amide bonds. The van der Waals surface area contributed by atoms with E-state index in [9.17, 15) is 9.59 Å². The molecule has 0 aliphatic heterocycles. The molecule has 0 radical (unpaired) electrons. The fourth-order valence-electron chi connectivity index (χ4n) is 3.63. The lowest BCUT2D eigenvalue weighted by Gasteiger charge is -2.21. The van der Waals surface area contributed by atoms with Gasteiger partial charge in [-0.1, -0.05) is 77.9 Å². The van der Waals surface area contributed by atoms with Crippen LogP contribution in [0.5, 0.6) is 0 Å². The number of amides is 2. The Bertz CT molecular complexity index is 1290. The van der Waals surface area contributed by atoms with Crippen molar-refractivity contribution >= 4 is 17.9 Å². The normalized spacial score (nSPS) is 12.1. The first-order valence-electron chi connectivity index (χ1n) is 11.1. The van der Waals surface area contributed by atoms with Crippen molar-refractivity contribution in [2.75, 3.05) is 0 Å². The van der Waals surface area contributed by atoms with Crippen LogP contribution in [0.15, 0.2) is 107 Å². The van der Waals surface area contributed by atoms with Gasteiger partial charge in [-0.05, 0) is 49.2 Å². The van der Waals surface area contributed by atoms with Crippen molar-refractivity contribution in [3.63, 3.8) is 0 Å². The molecule has 3 aromatic carbocycles. The number of carbonyl (C=O) groups excluding carboxylic acids is 2. The van der Waals surface area contributed by atoms with Crippen LogP contribution in [0.3, 0.4) is 0 Å². The first-order chi connectivity index (χ1) is 16.5. The third-order valence-electron chi connectivity index (χ3n) is 5.42. The molecular formula is C29H26N2O3. The van der Waals surface area contributed by atoms with Crippen molar-refractivity contribution in [3.8, 4) is 0 Å². The number of carbonyl (C=O) groups is 2. The van der Waals surface area contributed by atoms with Gasteiger partial charge in [0.15, 0.2) is 0 Å². The van der Waals surface area contributed by atoms with Gasteiger partial charge in [0, 0.05) is 11.6 Å². The van der Waals surface area contributed by atoms with Crippen molar-refractivity contribution in [3.05, 3.63) is 137 Å². The van der Waals surface area contributed by atoms with E-state index in [1.807, 2.05) is 80.6 Å². The molecule has 1 atom stereocenters. The fourth-order valence-corrected chi connectivity index (χ4v) is 3.63. The van der Waals surface area contributed by atoms with Crippen LogP contribution in [0.4, 0.5) is 0 Å². The number of hydrogen-bond donors (Lipinski definition) is 2. The molecule has 1 unspecified atom stereocenters. The zero-order chi connectivity index (χ0) is 23.9. The quantitative estimate of drug-likeness (QED) is 0.362. The van der Waals surface area contributed by atoms with Gasteiger partial charge in [-0.15, -0.1) is 0 Å². The molecule has 0 saturated carbocycles. The molecule has 0 aliphatic carbocycles. The van der Waals surface area contributed by atoms with Gasteiger partial charge in [0.2, 0.25) is 0 Å². The van der Waals surface area contributed by atoms with E-state index in [0.29, 0.717) is 11.3 Å². The Kier molecular flexibility index (Phi) is 7.04. The summed E-state index contributed by atoms with van der Waals surface area (Å²) in [5.41, 5.74) is 4.52. The van der Waals surface area contributed by atoms with Gasteiger partial charge in [0.25, 0.3) is 11.8 Å². The molecule has 34 heavy (non-hydrogen) atoms. The minimum atomic E-state index is -0.424. The zero-order valence-electron chi connectivity index (χ0n) is 19.1. The van der Waals surface area contributed by atoms with Gasteiger partial charge in [-0.3, -0.25) is 9.59 Å². The molecule has 0 saturated heterocycles. The van der Waals surface area contributed by atoms with Gasteiger partial charge in [0.05, 0.1) is 12.3 Å². The Hall–Kier alpha value is -4.38. The summed E-state index contributed by atoms with van der Waals surface area (Å²) in [6.45, 7) is 3.93. The molecule has 0 spiro atoms. The van der Waals surface area contributed by atoms with Crippen LogP contribution in [-0.4, -0.2) is 11.8 Å². The Morgan fingerprint density at radius 1 is 0.794 bits per heavy atom. The van der Waals surface area contributed by atoms with E-state index >= 15 is 0 Å². The molecule has 1 heterocycles. The molecule has 170 valence electrons. The number of nitrogens with one attached hydrogen (secondary N) is 2. The number of furan rings is 1. The van der Waals surface area contributed by atoms with E-state index in [-0.39, 0.29) is 11.6 Å². The van der Waals surface area contributed by atoms with Crippen molar-refractivity contribution < 1.29 is 14.0 Å². The predicted octanol–water partition coefficient (Wildman–Crippen LogP) is 5.57. The average molecular weight is 451 g/mol. The fraction of sp³-hybridized carbons (Fsp3) is 0.103. The van der Waals surface area contributed by atoms with E-state index in [1.54, 1.807) is 24.3 Å². The maximum absolute atomic E-state index is 13.5. The second kappa shape index (κ2) is 10.5. The van der Waals surface area contributed by atoms with Gasteiger partial charge in [-0.2, -0.15) is 0 Å². The Labute approximate surface area is 199 Å². The molecule has 5 nitrogen and oxygen atoms in total. The van der Waals surface area contributed by atoms with Crippen LogP contribution in [-0.2, 0) is 4.79 Å². The second-order valence-corrected chi connectivity index (χ2v) is 8.12. The van der Waals surface area contributed by atoms with Crippen LogP contribution in [0.25, 0.3) is 6.08 Å². The van der Waals surface area contributed by atoms with Gasteiger partial charge >= 0.3 is 0 Å². The molecule has 5 heteroatoms. The van der Waals surface area contributed by atoms with Crippen LogP contribution < -0.4 is 10.6 Å². The molecule has 0 fully saturated rings. The molecule has 0 aliphatic rings. The summed E-state index contributed by atoms with van der Waals surface area (Å²) in [6.07, 6.45) is 3.04. The lowest BCUT2D eigenvalue weighted by atomic mass is 9.97. The summed E-state index contributed by atoms with van der Waals surface area (Å²) in [7, 11) is 0. The first-order valence-corrected chi connectivity index (χ1v) is 11.1. The molecule has 0 bridgehead atoms. The lowest BCUT2D eigenvalue weighted by Crippen LogP contribution is -2.37. The van der Waals surface area contributed by atoms with Crippen molar-refractivity contribution in [1.29, 1.82) is 0 Å². The lowest BCUT2D eigenvalue weighted by molar-refractivity contribution is -0.118. The summed E-state index contributed by atoms with van der Waals surface area (Å²) in [5, 5.41) is 5.85. The molecule has 4 aromatic rings. The summed E-state index contributed by atoms with van der Waals surface area (Å²) >= 11 is 0. The average Bonchev–Trinajstić information content (AvgIpc) is 3.36. The summed E-state index contributed by atoms with van der Waals surface area (Å²) in [5.74, 6) is -0.337. The Morgan fingerprint density at radius 3 is 2.21 bits per heavy atom. The van der Waals surface area contributed by atoms with E-state index in [4.69, 9.17) is 4.42 Å². The standard InChI is InChI=1S/C29H26N2O3/c1-20-13-15-23(16-14-20)27(22-9-4-3-5-10-22)31-29(33)26(19-25-12-7-17-34-25)30-28(32)24-11-6-8-21(2)18-24/h3-19,27H,1-2H3,(H,30,32)(H,31,33)/b26-19-. The molecule has 2 N–H and O–H groups in total. The van der Waals surface area contributed by atoms with Crippen molar-refractivity contribution in [1.82, 2.24) is 10.6 Å². The smallest absolute Gasteiger partial charge is 0.268 e. The van der Waals surface area contributed by atoms with Gasteiger partial charge < -0.3 is 15.1 Å². The minimum absolute atomic E-state index is 0.0921. The monoisotopic (exact) mass is 450 g/mol. The summed E-state index contributed by atoms with van der Waals surface area (Å²) in [4.78, 5) is 26.4. The second-order valence-electron chi connectivity index (χ2n) is 8.12. The van der Waals surface area contributed by atoms with Crippen molar-refractivity contribution in [2.24, 2.45) is 0 Å². The number of benzene rings is 3. The molecule has 1 aromatic heterocycles. The SMILES string of the molecule is Cc1ccc(C(NC(=O)/C(=C/c2ccco2)NC(=O)c2cccc(C)c2)c2ccccc2)cc1. The Balaban J connectivity index is 1.65. The maximum Gasteiger partial charge on any atom is 0.268 e. The molecule has 4 rings (SSSR count). The summed E-state index contributed by atoms with van der Waals surface area (Å²) in [6, 6.07) is 28.0. The van der Waals surface area contributed by atoms with E-state index < -0.39 is 11.9 Å². The summed E-state index contributed by atoms with van der Waals surface area (Å²) < 4.78 is 5.40. The van der Waals surface area contributed by atoms with Crippen LogP contribution in [0.1, 0.15) is 44.4 Å². The van der Waals surface area contributed by atoms with Crippen molar-refractivity contribution in [2.45, 2.75) is 19.9 Å². The predicted molar refractivity (Wildman–Crippen MR) is 133 cm³/mol. The first kappa shape index (κ1) is 22.8.